The highest BCUT2D eigenvalue weighted by Crippen LogP contribution is 2.47. The molecule has 0 bridgehead atoms. The van der Waals surface area contributed by atoms with Crippen LogP contribution in [0.15, 0.2) is 89.5 Å². The number of hydrogen-bond donors (Lipinski definition) is 2. The second-order valence-electron chi connectivity index (χ2n) is 10.6. The number of hydrogen-bond acceptors (Lipinski definition) is 4. The minimum Gasteiger partial charge on any atom is -0.392 e. The van der Waals surface area contributed by atoms with E-state index in [1.54, 1.807) is 12.1 Å². The highest BCUT2D eigenvalue weighted by Gasteiger charge is 2.43. The zero-order valence-corrected chi connectivity index (χ0v) is 23.0. The Morgan fingerprint density at radius 2 is 1.59 bits per heavy atom. The van der Waals surface area contributed by atoms with Crippen molar-refractivity contribution in [3.63, 3.8) is 0 Å². The largest absolute Gasteiger partial charge is 0.392 e. The fourth-order valence-corrected chi connectivity index (χ4v) is 5.95. The van der Waals surface area contributed by atoms with Crippen LogP contribution in [0.4, 0.5) is 11.4 Å². The summed E-state index contributed by atoms with van der Waals surface area (Å²) in [7, 11) is -0.234. The number of fused-ring (bicyclic) bond motifs is 2. The van der Waals surface area contributed by atoms with Crippen LogP contribution in [0.1, 0.15) is 44.4 Å². The Morgan fingerprint density at radius 3 is 2.27 bits per heavy atom. The van der Waals surface area contributed by atoms with Crippen molar-refractivity contribution < 1.29 is 22.7 Å². The van der Waals surface area contributed by atoms with Gasteiger partial charge in [-0.2, -0.15) is 13.0 Å². The molecular formula is C30H35N2O4S+. The summed E-state index contributed by atoms with van der Waals surface area (Å²) in [6.07, 6.45) is 14.1. The highest BCUT2D eigenvalue weighted by atomic mass is 32.2. The Balaban J connectivity index is 1.49. The molecule has 2 aliphatic rings. The van der Waals surface area contributed by atoms with Crippen LogP contribution in [-0.4, -0.2) is 42.5 Å². The van der Waals surface area contributed by atoms with Gasteiger partial charge in [0.1, 0.15) is 7.05 Å². The molecule has 0 saturated heterocycles. The van der Waals surface area contributed by atoms with E-state index in [1.807, 2.05) is 68.0 Å². The molecule has 0 unspecified atom stereocenters. The van der Waals surface area contributed by atoms with E-state index in [0.717, 1.165) is 28.2 Å². The van der Waals surface area contributed by atoms with Gasteiger partial charge in [-0.1, -0.05) is 56.4 Å². The van der Waals surface area contributed by atoms with Crippen LogP contribution < -0.4 is 4.90 Å². The van der Waals surface area contributed by atoms with Crippen LogP contribution >= 0.6 is 0 Å². The number of nitrogens with zero attached hydrogens (tertiary/aromatic N) is 2. The van der Waals surface area contributed by atoms with Gasteiger partial charge in [0.05, 0.1) is 16.9 Å². The van der Waals surface area contributed by atoms with Crippen molar-refractivity contribution in [1.82, 2.24) is 0 Å². The fraction of sp³-hybridized carbons (Fsp3) is 0.300. The second-order valence-corrected chi connectivity index (χ2v) is 12.0. The number of anilines is 1. The van der Waals surface area contributed by atoms with Gasteiger partial charge in [0, 0.05) is 41.6 Å². The second kappa shape index (κ2) is 9.56. The molecular weight excluding hydrogens is 484 g/mol. The van der Waals surface area contributed by atoms with E-state index in [0.29, 0.717) is 0 Å². The van der Waals surface area contributed by atoms with Gasteiger partial charge < -0.3 is 10.0 Å². The Kier molecular flexibility index (Phi) is 6.92. The molecule has 4 rings (SSSR count). The predicted molar refractivity (Wildman–Crippen MR) is 149 cm³/mol. The summed E-state index contributed by atoms with van der Waals surface area (Å²) in [4.78, 5) is 2.11. The van der Waals surface area contributed by atoms with E-state index in [1.165, 1.54) is 17.3 Å². The molecule has 2 heterocycles. The number of aliphatic hydroxyl groups excluding tert-OH is 1. The lowest BCUT2D eigenvalue weighted by Gasteiger charge is -2.23. The molecule has 2 aliphatic heterocycles. The van der Waals surface area contributed by atoms with E-state index in [4.69, 9.17) is 0 Å². The van der Waals surface area contributed by atoms with Gasteiger partial charge in [0.15, 0.2) is 5.71 Å². The topological polar surface area (TPSA) is 80.9 Å². The first-order chi connectivity index (χ1) is 17.3. The van der Waals surface area contributed by atoms with Gasteiger partial charge >= 0.3 is 0 Å². The third kappa shape index (κ3) is 4.75. The third-order valence-corrected chi connectivity index (χ3v) is 8.38. The standard InChI is InChI=1S/C30H34N2O4S/c1-29(2)23-18-21(20-33)14-16-25(23)31(5)27(29)12-10-8-7-9-11-13-28-30(3,4)24-19-22(37(34,35)36)15-17-26(24)32(28)6/h7-19,33H,20H2,1-6H3/p+1. The van der Waals surface area contributed by atoms with Gasteiger partial charge in [-0.15, -0.1) is 0 Å². The summed E-state index contributed by atoms with van der Waals surface area (Å²) in [5.74, 6) is 0. The summed E-state index contributed by atoms with van der Waals surface area (Å²) in [5.41, 5.74) is 6.70. The lowest BCUT2D eigenvalue weighted by Crippen LogP contribution is -2.26. The van der Waals surface area contributed by atoms with E-state index in [2.05, 4.69) is 44.0 Å². The van der Waals surface area contributed by atoms with E-state index < -0.39 is 15.5 Å². The third-order valence-electron chi connectivity index (χ3n) is 7.53. The zero-order valence-electron chi connectivity index (χ0n) is 22.2. The molecule has 0 spiro atoms. The van der Waals surface area contributed by atoms with E-state index in [9.17, 15) is 18.1 Å². The lowest BCUT2D eigenvalue weighted by molar-refractivity contribution is -0.401. The maximum absolute atomic E-state index is 11.6. The average molecular weight is 520 g/mol. The summed E-state index contributed by atoms with van der Waals surface area (Å²) in [6.45, 7) is 8.51. The first kappa shape index (κ1) is 26.8. The molecule has 0 aromatic heterocycles. The van der Waals surface area contributed by atoms with Crippen molar-refractivity contribution in [2.75, 3.05) is 19.0 Å². The monoisotopic (exact) mass is 519 g/mol. The summed E-state index contributed by atoms with van der Waals surface area (Å²) in [6, 6.07) is 10.8. The Morgan fingerprint density at radius 1 is 0.919 bits per heavy atom. The molecule has 6 nitrogen and oxygen atoms in total. The molecule has 7 heteroatoms. The SMILES string of the molecule is CN1/C(=C/C=C/C=C/C=C/C2=[N+](C)c3ccc(S(=O)(=O)O)cc3C2(C)C)C(C)(C)c2cc(CO)ccc21. The zero-order chi connectivity index (χ0) is 27.2. The first-order valence-corrected chi connectivity index (χ1v) is 13.7. The van der Waals surface area contributed by atoms with E-state index in [-0.39, 0.29) is 16.9 Å². The number of likely N-dealkylation sites (N-methyl/N-ethyl adjacent to an activating group) is 1. The molecule has 2 aromatic rings. The van der Waals surface area contributed by atoms with Crippen LogP contribution in [-0.2, 0) is 27.6 Å². The molecule has 37 heavy (non-hydrogen) atoms. The molecule has 0 atom stereocenters. The van der Waals surface area contributed by atoms with Crippen LogP contribution in [0.5, 0.6) is 0 Å². The molecule has 0 saturated carbocycles. The van der Waals surface area contributed by atoms with Crippen molar-refractivity contribution in [2.24, 2.45) is 0 Å². The molecule has 2 N–H and O–H groups in total. The van der Waals surface area contributed by atoms with Crippen molar-refractivity contribution in [1.29, 1.82) is 0 Å². The van der Waals surface area contributed by atoms with Gasteiger partial charge in [0.25, 0.3) is 10.1 Å². The van der Waals surface area contributed by atoms with Gasteiger partial charge in [-0.25, -0.2) is 0 Å². The summed E-state index contributed by atoms with van der Waals surface area (Å²) < 4.78 is 34.7. The van der Waals surface area contributed by atoms with Gasteiger partial charge in [-0.05, 0) is 49.2 Å². The maximum Gasteiger partial charge on any atom is 0.294 e. The Labute approximate surface area is 220 Å². The smallest absolute Gasteiger partial charge is 0.294 e. The van der Waals surface area contributed by atoms with Crippen molar-refractivity contribution in [3.8, 4) is 0 Å². The normalized spacial score (nSPS) is 19.7. The van der Waals surface area contributed by atoms with Crippen LogP contribution in [0.25, 0.3) is 0 Å². The predicted octanol–water partition coefficient (Wildman–Crippen LogP) is 5.41. The minimum absolute atomic E-state index is 0.0359. The Bertz CT molecular complexity index is 1510. The average Bonchev–Trinajstić information content (AvgIpc) is 3.15. The minimum atomic E-state index is -4.26. The Hall–Kier alpha value is -3.26. The number of rotatable bonds is 6. The van der Waals surface area contributed by atoms with Crippen LogP contribution in [0.2, 0.25) is 0 Å². The fourth-order valence-electron chi connectivity index (χ4n) is 5.44. The quantitative estimate of drug-likeness (QED) is 0.303. The number of benzene rings is 2. The molecule has 0 fully saturated rings. The number of allylic oxidation sites excluding steroid dienone is 8. The summed E-state index contributed by atoms with van der Waals surface area (Å²) in [5, 5.41) is 9.53. The molecule has 194 valence electrons. The first-order valence-electron chi connectivity index (χ1n) is 12.2. The highest BCUT2D eigenvalue weighted by molar-refractivity contribution is 7.85. The number of aliphatic hydroxyl groups is 1. The molecule has 2 aromatic carbocycles. The van der Waals surface area contributed by atoms with Crippen LogP contribution in [0, 0.1) is 0 Å². The lowest BCUT2D eigenvalue weighted by atomic mass is 9.81. The van der Waals surface area contributed by atoms with Gasteiger partial charge in [-0.3, -0.25) is 4.55 Å². The van der Waals surface area contributed by atoms with E-state index >= 15 is 0 Å². The van der Waals surface area contributed by atoms with Gasteiger partial charge in [0.2, 0.25) is 5.69 Å². The molecule has 0 radical (unpaired) electrons. The van der Waals surface area contributed by atoms with Crippen LogP contribution in [0.3, 0.4) is 0 Å². The van der Waals surface area contributed by atoms with Crippen molar-refractivity contribution in [2.45, 2.75) is 50.0 Å². The summed E-state index contributed by atoms with van der Waals surface area (Å²) >= 11 is 0. The van der Waals surface area contributed by atoms with Crippen molar-refractivity contribution in [3.05, 3.63) is 101 Å². The molecule has 0 aliphatic carbocycles. The van der Waals surface area contributed by atoms with Crippen molar-refractivity contribution >= 4 is 27.2 Å². The maximum atomic E-state index is 11.6. The molecule has 0 amide bonds.